The Labute approximate surface area is 163 Å². The van der Waals surface area contributed by atoms with E-state index in [4.69, 9.17) is 5.73 Å². The van der Waals surface area contributed by atoms with Crippen molar-refractivity contribution in [2.24, 2.45) is 11.7 Å². The van der Waals surface area contributed by atoms with E-state index in [9.17, 15) is 9.59 Å². The van der Waals surface area contributed by atoms with Gasteiger partial charge in [-0.3, -0.25) is 4.79 Å². The van der Waals surface area contributed by atoms with E-state index in [2.05, 4.69) is 5.32 Å². The highest BCUT2D eigenvalue weighted by atomic mass is 35.5. The number of halogens is 1. The normalized spacial score (nSPS) is 30.5. The zero-order chi connectivity index (χ0) is 17.9. The summed E-state index contributed by atoms with van der Waals surface area (Å²) in [5.74, 6) is 0.126. The Morgan fingerprint density at radius 1 is 0.923 bits per heavy atom. The maximum atomic E-state index is 12.9. The Hall–Kier alpha value is -1.01. The van der Waals surface area contributed by atoms with Crippen LogP contribution in [-0.2, 0) is 4.79 Å². The SMILES string of the molecule is CC1(N)CCCCC1C(=O)N1CCN(C(=O)NC2CCCCC2)CC1.Cl. The summed E-state index contributed by atoms with van der Waals surface area (Å²) in [6, 6.07) is 0.376. The molecule has 2 saturated carbocycles. The van der Waals surface area contributed by atoms with Crippen molar-refractivity contribution in [3.8, 4) is 0 Å². The quantitative estimate of drug-likeness (QED) is 0.765. The second-order valence-corrected chi connectivity index (χ2v) is 8.40. The summed E-state index contributed by atoms with van der Waals surface area (Å²) < 4.78 is 0. The van der Waals surface area contributed by atoms with Gasteiger partial charge in [0.25, 0.3) is 0 Å². The van der Waals surface area contributed by atoms with E-state index in [1.807, 2.05) is 16.7 Å². The Morgan fingerprint density at radius 2 is 1.50 bits per heavy atom. The highest BCUT2D eigenvalue weighted by Gasteiger charge is 2.40. The Morgan fingerprint density at radius 3 is 2.12 bits per heavy atom. The third-order valence-corrected chi connectivity index (χ3v) is 6.36. The molecule has 1 saturated heterocycles. The van der Waals surface area contributed by atoms with Crippen molar-refractivity contribution in [2.45, 2.75) is 76.3 Å². The topological polar surface area (TPSA) is 78.7 Å². The van der Waals surface area contributed by atoms with Crippen LogP contribution in [0.5, 0.6) is 0 Å². The van der Waals surface area contributed by atoms with E-state index < -0.39 is 0 Å². The lowest BCUT2D eigenvalue weighted by atomic mass is 9.74. The fraction of sp³-hybridized carbons (Fsp3) is 0.895. The zero-order valence-corrected chi connectivity index (χ0v) is 16.9. The summed E-state index contributed by atoms with van der Waals surface area (Å²) in [6.07, 6.45) is 9.94. The number of rotatable bonds is 2. The van der Waals surface area contributed by atoms with Crippen molar-refractivity contribution in [2.75, 3.05) is 26.2 Å². The van der Waals surface area contributed by atoms with Crippen LogP contribution in [0.25, 0.3) is 0 Å². The fourth-order valence-electron chi connectivity index (χ4n) is 4.63. The predicted molar refractivity (Wildman–Crippen MR) is 105 cm³/mol. The summed E-state index contributed by atoms with van der Waals surface area (Å²) in [4.78, 5) is 29.1. The van der Waals surface area contributed by atoms with Crippen LogP contribution in [-0.4, -0.2) is 59.5 Å². The van der Waals surface area contributed by atoms with Gasteiger partial charge < -0.3 is 20.9 Å². The van der Waals surface area contributed by atoms with Crippen LogP contribution in [0.2, 0.25) is 0 Å². The van der Waals surface area contributed by atoms with Gasteiger partial charge in [-0.05, 0) is 32.6 Å². The van der Waals surface area contributed by atoms with Crippen LogP contribution in [0.3, 0.4) is 0 Å². The summed E-state index contributed by atoms with van der Waals surface area (Å²) in [6.45, 7) is 4.52. The van der Waals surface area contributed by atoms with Crippen LogP contribution in [0.4, 0.5) is 4.79 Å². The van der Waals surface area contributed by atoms with Crippen molar-refractivity contribution in [1.29, 1.82) is 0 Å². The highest BCUT2D eigenvalue weighted by molar-refractivity contribution is 5.85. The molecular weight excluding hydrogens is 352 g/mol. The zero-order valence-electron chi connectivity index (χ0n) is 16.0. The van der Waals surface area contributed by atoms with Crippen LogP contribution in [0.1, 0.15) is 64.7 Å². The van der Waals surface area contributed by atoms with E-state index in [0.717, 1.165) is 38.5 Å². The molecule has 0 aromatic heterocycles. The average Bonchev–Trinajstić information content (AvgIpc) is 2.62. The molecule has 7 heteroatoms. The molecule has 1 aliphatic heterocycles. The molecule has 0 aromatic carbocycles. The van der Waals surface area contributed by atoms with Gasteiger partial charge in [-0.2, -0.15) is 0 Å². The first-order valence-electron chi connectivity index (χ1n) is 10.1. The highest BCUT2D eigenvalue weighted by Crippen LogP contribution is 2.33. The number of carbonyl (C=O) groups excluding carboxylic acids is 2. The van der Waals surface area contributed by atoms with Crippen LogP contribution in [0.15, 0.2) is 0 Å². The monoisotopic (exact) mass is 386 g/mol. The molecule has 0 radical (unpaired) electrons. The summed E-state index contributed by atoms with van der Waals surface area (Å²) in [5, 5.41) is 3.17. The van der Waals surface area contributed by atoms with Crippen molar-refractivity contribution in [1.82, 2.24) is 15.1 Å². The molecule has 2 atom stereocenters. The van der Waals surface area contributed by atoms with E-state index in [1.165, 1.54) is 19.3 Å². The lowest BCUT2D eigenvalue weighted by Crippen LogP contribution is -2.59. The maximum Gasteiger partial charge on any atom is 0.317 e. The second-order valence-electron chi connectivity index (χ2n) is 8.40. The lowest BCUT2D eigenvalue weighted by Gasteiger charge is -2.42. The van der Waals surface area contributed by atoms with Gasteiger partial charge in [-0.1, -0.05) is 32.1 Å². The molecule has 3 fully saturated rings. The summed E-state index contributed by atoms with van der Waals surface area (Å²) in [7, 11) is 0. The predicted octanol–water partition coefficient (Wildman–Crippen LogP) is 2.50. The molecule has 0 bridgehead atoms. The standard InChI is InChI=1S/C19H34N4O2.ClH/c1-19(20)10-6-5-9-16(19)17(24)22-11-13-23(14-12-22)18(25)21-15-7-3-2-4-8-15;/h15-16H,2-14,20H2,1H3,(H,21,25);1H. The van der Waals surface area contributed by atoms with E-state index >= 15 is 0 Å². The third kappa shape index (κ3) is 5.03. The first-order valence-corrected chi connectivity index (χ1v) is 10.1. The van der Waals surface area contributed by atoms with E-state index in [0.29, 0.717) is 32.2 Å². The number of urea groups is 1. The van der Waals surface area contributed by atoms with Crippen molar-refractivity contribution in [3.05, 3.63) is 0 Å². The average molecular weight is 387 g/mol. The van der Waals surface area contributed by atoms with Gasteiger partial charge in [0.2, 0.25) is 5.91 Å². The molecule has 0 spiro atoms. The van der Waals surface area contributed by atoms with Gasteiger partial charge in [0.1, 0.15) is 0 Å². The van der Waals surface area contributed by atoms with Crippen molar-refractivity contribution < 1.29 is 9.59 Å². The summed E-state index contributed by atoms with van der Waals surface area (Å²) >= 11 is 0. The molecule has 1 heterocycles. The molecule has 3 rings (SSSR count). The number of nitrogens with one attached hydrogen (secondary N) is 1. The lowest BCUT2D eigenvalue weighted by molar-refractivity contribution is -0.140. The number of hydrogen-bond donors (Lipinski definition) is 2. The molecular formula is C19H35ClN4O2. The Balaban J connectivity index is 0.00000243. The Kier molecular flexibility index (Phi) is 7.59. The molecule has 150 valence electrons. The van der Waals surface area contributed by atoms with Crippen molar-refractivity contribution >= 4 is 24.3 Å². The van der Waals surface area contributed by atoms with E-state index in [1.54, 1.807) is 0 Å². The van der Waals surface area contributed by atoms with Crippen LogP contribution < -0.4 is 11.1 Å². The molecule has 3 N–H and O–H groups in total. The molecule has 0 aromatic rings. The second kappa shape index (κ2) is 9.27. The van der Waals surface area contributed by atoms with Crippen LogP contribution in [0, 0.1) is 5.92 Å². The number of hydrogen-bond acceptors (Lipinski definition) is 3. The number of nitrogens with two attached hydrogens (primary N) is 1. The third-order valence-electron chi connectivity index (χ3n) is 6.36. The van der Waals surface area contributed by atoms with E-state index in [-0.39, 0.29) is 35.8 Å². The molecule has 2 unspecified atom stereocenters. The minimum absolute atomic E-state index is 0. The molecule has 6 nitrogen and oxygen atoms in total. The van der Waals surface area contributed by atoms with Gasteiger partial charge in [-0.15, -0.1) is 12.4 Å². The largest absolute Gasteiger partial charge is 0.339 e. The van der Waals surface area contributed by atoms with Crippen molar-refractivity contribution in [3.63, 3.8) is 0 Å². The molecule has 3 amide bonds. The molecule has 26 heavy (non-hydrogen) atoms. The first kappa shape index (κ1) is 21.3. The van der Waals surface area contributed by atoms with Gasteiger partial charge >= 0.3 is 6.03 Å². The fourth-order valence-corrected chi connectivity index (χ4v) is 4.63. The Bertz CT molecular complexity index is 486. The van der Waals surface area contributed by atoms with Crippen LogP contribution >= 0.6 is 12.4 Å². The van der Waals surface area contributed by atoms with Gasteiger partial charge in [0.15, 0.2) is 0 Å². The summed E-state index contributed by atoms with van der Waals surface area (Å²) in [5.41, 5.74) is 6.00. The minimum atomic E-state index is -0.384. The van der Waals surface area contributed by atoms with Gasteiger partial charge in [0.05, 0.1) is 5.92 Å². The minimum Gasteiger partial charge on any atom is -0.339 e. The van der Waals surface area contributed by atoms with Gasteiger partial charge in [-0.25, -0.2) is 4.79 Å². The molecule has 2 aliphatic carbocycles. The number of amides is 3. The van der Waals surface area contributed by atoms with Gasteiger partial charge in [0, 0.05) is 37.8 Å². The number of nitrogens with zero attached hydrogens (tertiary/aromatic N) is 2. The number of piperazine rings is 1. The smallest absolute Gasteiger partial charge is 0.317 e. The first-order chi connectivity index (χ1) is 12.0. The number of carbonyl (C=O) groups is 2. The maximum absolute atomic E-state index is 12.9. The molecule has 3 aliphatic rings.